The van der Waals surface area contributed by atoms with Crippen LogP contribution in [0.4, 0.5) is 8.78 Å². The Morgan fingerprint density at radius 1 is 1.11 bits per heavy atom. The SMILES string of the molecule is COCCOc1cc(F)cc(F)c1-c1c(-c2cc3n(n2)[C@@H](C)CN[C@@H]3C)nc(-c2cnc3c(c2)CN(CCO)CC3)c2ccsc12. The first-order valence-electron chi connectivity index (χ1n) is 15.5. The molecule has 2 N–H and O–H groups in total. The molecule has 0 saturated carbocycles. The third kappa shape index (κ3) is 5.58. The predicted octanol–water partition coefficient (Wildman–Crippen LogP) is 5.77. The minimum absolute atomic E-state index is 0.0630. The summed E-state index contributed by atoms with van der Waals surface area (Å²) in [5, 5.41) is 20.9. The molecule has 0 saturated heterocycles. The minimum Gasteiger partial charge on any atom is -0.490 e. The number of thiophene rings is 1. The standard InChI is InChI=1S/C34H36F2N6O3S/c1-19-16-37-20(2)28-15-27(40-42(19)28)33-31(30-25(36)13-23(35)14-29(30)45-10-9-44-3)34-24(5-11-46-34)32(39-33)21-12-22-18-41(7-8-43)6-4-26(22)38-17-21/h5,11-15,17,19-20,37,43H,4,6-10,16,18H2,1-3H3/t19-,20+/m0/s1. The van der Waals surface area contributed by atoms with Crippen LogP contribution in [0.5, 0.6) is 5.75 Å². The molecule has 0 aliphatic carbocycles. The Hall–Kier alpha value is -3.81. The van der Waals surface area contributed by atoms with Crippen LogP contribution in [0, 0.1) is 11.6 Å². The van der Waals surface area contributed by atoms with Gasteiger partial charge in [-0.25, -0.2) is 13.8 Å². The maximum atomic E-state index is 16.1. The number of β-amino-alcohol motifs (C(OH)–C–C–N with tert-alkyl or cyclic N) is 1. The van der Waals surface area contributed by atoms with E-state index < -0.39 is 11.6 Å². The van der Waals surface area contributed by atoms with Crippen LogP contribution in [0.15, 0.2) is 41.9 Å². The van der Waals surface area contributed by atoms with Gasteiger partial charge in [-0.2, -0.15) is 5.10 Å². The summed E-state index contributed by atoms with van der Waals surface area (Å²) in [6.45, 7) is 7.57. The first kappa shape index (κ1) is 30.8. The maximum absolute atomic E-state index is 16.1. The second-order valence-corrected chi connectivity index (χ2v) is 12.8. The number of rotatable bonds is 9. The molecule has 0 amide bonds. The molecule has 2 aliphatic heterocycles. The van der Waals surface area contributed by atoms with Crippen molar-refractivity contribution in [2.75, 3.05) is 46.6 Å². The van der Waals surface area contributed by atoms with Crippen LogP contribution in [0.25, 0.3) is 43.9 Å². The third-order valence-electron chi connectivity index (χ3n) is 8.82. The number of hydrogen-bond donors (Lipinski definition) is 2. The number of hydrogen-bond acceptors (Lipinski definition) is 9. The summed E-state index contributed by atoms with van der Waals surface area (Å²) < 4.78 is 44.6. The number of halogens is 2. The highest BCUT2D eigenvalue weighted by atomic mass is 32.1. The van der Waals surface area contributed by atoms with E-state index in [1.807, 2.05) is 28.4 Å². The van der Waals surface area contributed by atoms with Crippen molar-refractivity contribution in [1.82, 2.24) is 30.0 Å². The Morgan fingerprint density at radius 3 is 2.78 bits per heavy atom. The van der Waals surface area contributed by atoms with E-state index in [0.29, 0.717) is 35.7 Å². The number of benzene rings is 1. The van der Waals surface area contributed by atoms with Gasteiger partial charge in [-0.15, -0.1) is 11.3 Å². The molecule has 12 heteroatoms. The van der Waals surface area contributed by atoms with Crippen molar-refractivity contribution >= 4 is 21.4 Å². The molecule has 2 aliphatic rings. The van der Waals surface area contributed by atoms with E-state index in [9.17, 15) is 9.50 Å². The highest BCUT2D eigenvalue weighted by molar-refractivity contribution is 7.18. The average Bonchev–Trinajstić information content (AvgIpc) is 3.72. The Kier molecular flexibility index (Phi) is 8.55. The van der Waals surface area contributed by atoms with Crippen molar-refractivity contribution in [1.29, 1.82) is 0 Å². The molecule has 0 spiro atoms. The van der Waals surface area contributed by atoms with Gasteiger partial charge in [-0.3, -0.25) is 14.6 Å². The van der Waals surface area contributed by atoms with Crippen molar-refractivity contribution in [3.05, 3.63) is 70.5 Å². The summed E-state index contributed by atoms with van der Waals surface area (Å²) in [7, 11) is 1.55. The van der Waals surface area contributed by atoms with E-state index in [-0.39, 0.29) is 43.2 Å². The molecule has 5 aromatic rings. The van der Waals surface area contributed by atoms with E-state index in [4.69, 9.17) is 24.5 Å². The number of ether oxygens (including phenoxy) is 2. The molecule has 0 bridgehead atoms. The van der Waals surface area contributed by atoms with Crippen LogP contribution in [-0.4, -0.2) is 76.3 Å². The van der Waals surface area contributed by atoms with Crippen molar-refractivity contribution < 1.29 is 23.4 Å². The second kappa shape index (κ2) is 12.8. The fraction of sp³-hybridized carbons (Fsp3) is 0.382. The molecule has 0 unspecified atom stereocenters. The number of aliphatic hydroxyl groups excluding tert-OH is 1. The lowest BCUT2D eigenvalue weighted by Crippen LogP contribution is -2.34. The number of fused-ring (bicyclic) bond motifs is 3. The highest BCUT2D eigenvalue weighted by Gasteiger charge is 2.30. The fourth-order valence-electron chi connectivity index (χ4n) is 6.49. The van der Waals surface area contributed by atoms with Crippen molar-refractivity contribution in [2.45, 2.75) is 38.9 Å². The van der Waals surface area contributed by atoms with Crippen molar-refractivity contribution in [2.24, 2.45) is 0 Å². The molecular formula is C34H36F2N6O3S. The second-order valence-electron chi connectivity index (χ2n) is 11.9. The van der Waals surface area contributed by atoms with E-state index in [2.05, 4.69) is 30.1 Å². The topological polar surface area (TPSA) is 97.6 Å². The van der Waals surface area contributed by atoms with Gasteiger partial charge in [-0.1, -0.05) is 0 Å². The smallest absolute Gasteiger partial charge is 0.137 e. The fourth-order valence-corrected chi connectivity index (χ4v) is 7.44. The molecule has 4 aromatic heterocycles. The van der Waals surface area contributed by atoms with Gasteiger partial charge in [-0.05, 0) is 43.0 Å². The largest absolute Gasteiger partial charge is 0.490 e. The summed E-state index contributed by atoms with van der Waals surface area (Å²) >= 11 is 1.46. The lowest BCUT2D eigenvalue weighted by molar-refractivity contribution is 0.146. The van der Waals surface area contributed by atoms with Gasteiger partial charge >= 0.3 is 0 Å². The molecule has 2 atom stereocenters. The highest BCUT2D eigenvalue weighted by Crippen LogP contribution is 2.47. The molecule has 6 heterocycles. The van der Waals surface area contributed by atoms with Crippen LogP contribution in [-0.2, 0) is 17.7 Å². The van der Waals surface area contributed by atoms with Gasteiger partial charge in [0.05, 0.1) is 36.2 Å². The molecule has 240 valence electrons. The number of pyridine rings is 2. The normalized spacial score (nSPS) is 18.1. The third-order valence-corrected chi connectivity index (χ3v) is 9.75. The number of aromatic nitrogens is 4. The van der Waals surface area contributed by atoms with Crippen molar-refractivity contribution in [3.63, 3.8) is 0 Å². The number of aliphatic hydroxyl groups is 1. The molecule has 0 fully saturated rings. The summed E-state index contributed by atoms with van der Waals surface area (Å²) in [6.07, 6.45) is 2.66. The predicted molar refractivity (Wildman–Crippen MR) is 174 cm³/mol. The summed E-state index contributed by atoms with van der Waals surface area (Å²) in [5.41, 5.74) is 6.39. The van der Waals surface area contributed by atoms with E-state index >= 15 is 4.39 Å². The van der Waals surface area contributed by atoms with Gasteiger partial charge in [0.15, 0.2) is 0 Å². The van der Waals surface area contributed by atoms with E-state index in [1.54, 1.807) is 7.11 Å². The zero-order chi connectivity index (χ0) is 31.9. The number of nitrogens with zero attached hydrogens (tertiary/aromatic N) is 5. The first-order chi connectivity index (χ1) is 22.4. The molecule has 46 heavy (non-hydrogen) atoms. The maximum Gasteiger partial charge on any atom is 0.137 e. The van der Waals surface area contributed by atoms with Crippen LogP contribution in [0.3, 0.4) is 0 Å². The summed E-state index contributed by atoms with van der Waals surface area (Å²) in [4.78, 5) is 12.3. The van der Waals surface area contributed by atoms with Gasteiger partial charge in [0.1, 0.15) is 35.4 Å². The zero-order valence-electron chi connectivity index (χ0n) is 26.0. The molecule has 7 rings (SSSR count). The monoisotopic (exact) mass is 646 g/mol. The van der Waals surface area contributed by atoms with Gasteiger partial charge in [0.2, 0.25) is 0 Å². The summed E-state index contributed by atoms with van der Waals surface area (Å²) in [6, 6.07) is 8.37. The zero-order valence-corrected chi connectivity index (χ0v) is 26.8. The molecular weight excluding hydrogens is 610 g/mol. The van der Waals surface area contributed by atoms with E-state index in [0.717, 1.165) is 58.2 Å². The molecule has 1 aromatic carbocycles. The Labute approximate surface area is 269 Å². The Bertz CT molecular complexity index is 1880. The lowest BCUT2D eigenvalue weighted by Gasteiger charge is -2.27. The average molecular weight is 647 g/mol. The van der Waals surface area contributed by atoms with Gasteiger partial charge in [0.25, 0.3) is 0 Å². The van der Waals surface area contributed by atoms with Crippen LogP contribution < -0.4 is 10.1 Å². The lowest BCUT2D eigenvalue weighted by atomic mass is 9.95. The first-order valence-corrected chi connectivity index (χ1v) is 16.4. The van der Waals surface area contributed by atoms with Crippen LogP contribution in [0.2, 0.25) is 0 Å². The molecule has 9 nitrogen and oxygen atoms in total. The van der Waals surface area contributed by atoms with Crippen molar-refractivity contribution in [3.8, 4) is 39.5 Å². The Morgan fingerprint density at radius 2 is 1.98 bits per heavy atom. The quantitative estimate of drug-likeness (QED) is 0.195. The van der Waals surface area contributed by atoms with Gasteiger partial charge in [0, 0.05) is 91.0 Å². The van der Waals surface area contributed by atoms with Crippen LogP contribution >= 0.6 is 11.3 Å². The van der Waals surface area contributed by atoms with Gasteiger partial charge < -0.3 is 19.9 Å². The summed E-state index contributed by atoms with van der Waals surface area (Å²) in [5.74, 6) is -1.40. The number of methoxy groups -OCH3 is 1. The molecule has 0 radical (unpaired) electrons. The Balaban J connectivity index is 1.48. The minimum atomic E-state index is -0.746. The van der Waals surface area contributed by atoms with Crippen LogP contribution in [0.1, 0.15) is 42.9 Å². The van der Waals surface area contributed by atoms with E-state index in [1.165, 1.54) is 17.4 Å². The number of nitrogens with one attached hydrogen (secondary N) is 1.